The van der Waals surface area contributed by atoms with Crippen LogP contribution in [-0.2, 0) is 20.9 Å². The molecule has 0 bridgehead atoms. The Bertz CT molecular complexity index is 803. The summed E-state index contributed by atoms with van der Waals surface area (Å²) in [6.07, 6.45) is 0. The highest BCUT2D eigenvalue weighted by Gasteiger charge is 2.17. The van der Waals surface area contributed by atoms with Crippen LogP contribution in [0.1, 0.15) is 21.5 Å². The molecule has 0 spiro atoms. The number of carbonyl (C=O) groups is 3. The van der Waals surface area contributed by atoms with Crippen molar-refractivity contribution in [2.45, 2.75) is 13.5 Å². The number of ether oxygens (including phenoxy) is 1. The number of benzene rings is 2. The molecule has 2 aromatic carbocycles. The van der Waals surface area contributed by atoms with Crippen molar-refractivity contribution < 1.29 is 19.1 Å². The number of nitrogens with one attached hydrogen (secondary N) is 3. The zero-order chi connectivity index (χ0) is 19.6. The van der Waals surface area contributed by atoms with E-state index < -0.39 is 11.8 Å². The molecule has 142 valence electrons. The molecule has 7 nitrogen and oxygen atoms in total. The maximum Gasteiger partial charge on any atom is 0.313 e. The quantitative estimate of drug-likeness (QED) is 0.510. The molecule has 0 aliphatic heterocycles. The number of methoxy groups -OCH3 is 1. The van der Waals surface area contributed by atoms with Gasteiger partial charge in [0, 0.05) is 20.2 Å². The maximum atomic E-state index is 12.5. The van der Waals surface area contributed by atoms with Crippen molar-refractivity contribution in [3.63, 3.8) is 0 Å². The third-order valence-corrected chi connectivity index (χ3v) is 3.79. The van der Waals surface area contributed by atoms with Gasteiger partial charge in [-0.3, -0.25) is 14.4 Å². The van der Waals surface area contributed by atoms with Crippen molar-refractivity contribution in [2.24, 2.45) is 0 Å². The van der Waals surface area contributed by atoms with Gasteiger partial charge in [-0.1, -0.05) is 42.0 Å². The normalized spacial score (nSPS) is 10.1. The zero-order valence-electron chi connectivity index (χ0n) is 15.4. The number of aryl methyl sites for hydroxylation is 1. The molecule has 0 atom stereocenters. The number of rotatable bonds is 7. The smallest absolute Gasteiger partial charge is 0.313 e. The minimum absolute atomic E-state index is 0.224. The van der Waals surface area contributed by atoms with E-state index in [1.165, 1.54) is 7.11 Å². The fourth-order valence-electron chi connectivity index (χ4n) is 2.30. The number of anilines is 1. The average molecular weight is 369 g/mol. The lowest BCUT2D eigenvalue weighted by atomic mass is 10.1. The van der Waals surface area contributed by atoms with Crippen LogP contribution in [0.3, 0.4) is 0 Å². The van der Waals surface area contributed by atoms with Gasteiger partial charge in [-0.15, -0.1) is 0 Å². The predicted molar refractivity (Wildman–Crippen MR) is 102 cm³/mol. The van der Waals surface area contributed by atoms with Gasteiger partial charge in [-0.2, -0.15) is 0 Å². The van der Waals surface area contributed by atoms with Crippen LogP contribution in [0.15, 0.2) is 48.5 Å². The van der Waals surface area contributed by atoms with E-state index in [0.717, 1.165) is 11.1 Å². The molecule has 0 unspecified atom stereocenters. The third-order valence-electron chi connectivity index (χ3n) is 3.79. The Labute approximate surface area is 158 Å². The summed E-state index contributed by atoms with van der Waals surface area (Å²) in [5.74, 6) is -1.97. The molecule has 3 amide bonds. The summed E-state index contributed by atoms with van der Waals surface area (Å²) in [5, 5.41) is 7.71. The Hall–Kier alpha value is -3.19. The summed E-state index contributed by atoms with van der Waals surface area (Å²) in [6.45, 7) is 2.88. The van der Waals surface area contributed by atoms with Crippen LogP contribution in [0.25, 0.3) is 0 Å². The lowest BCUT2D eigenvalue weighted by molar-refractivity contribution is -0.136. The fraction of sp³-hybridized carbons (Fsp3) is 0.250. The first kappa shape index (κ1) is 20.1. The van der Waals surface area contributed by atoms with E-state index in [1.54, 1.807) is 24.3 Å². The second kappa shape index (κ2) is 10.1. The van der Waals surface area contributed by atoms with Crippen molar-refractivity contribution in [1.29, 1.82) is 0 Å². The molecule has 27 heavy (non-hydrogen) atoms. The van der Waals surface area contributed by atoms with Gasteiger partial charge in [0.2, 0.25) is 0 Å². The number of hydrogen-bond donors (Lipinski definition) is 3. The molecule has 0 saturated carbocycles. The van der Waals surface area contributed by atoms with Crippen LogP contribution in [0.2, 0.25) is 0 Å². The van der Waals surface area contributed by atoms with Gasteiger partial charge in [0.1, 0.15) is 0 Å². The van der Waals surface area contributed by atoms with Gasteiger partial charge in [0.05, 0.1) is 17.9 Å². The molecule has 0 radical (unpaired) electrons. The maximum absolute atomic E-state index is 12.5. The lowest BCUT2D eigenvalue weighted by Gasteiger charge is -2.11. The monoisotopic (exact) mass is 369 g/mol. The van der Waals surface area contributed by atoms with Gasteiger partial charge in [0.25, 0.3) is 5.91 Å². The van der Waals surface area contributed by atoms with Crippen molar-refractivity contribution >= 4 is 23.4 Å². The molecule has 0 fully saturated rings. The molecule has 0 saturated heterocycles. The van der Waals surface area contributed by atoms with E-state index in [2.05, 4.69) is 16.0 Å². The third kappa shape index (κ3) is 6.23. The van der Waals surface area contributed by atoms with Gasteiger partial charge in [0.15, 0.2) is 0 Å². The molecule has 0 aliphatic rings. The lowest BCUT2D eigenvalue weighted by Crippen LogP contribution is -2.37. The second-order valence-corrected chi connectivity index (χ2v) is 5.92. The Morgan fingerprint density at radius 3 is 2.33 bits per heavy atom. The largest absolute Gasteiger partial charge is 0.383 e. The summed E-state index contributed by atoms with van der Waals surface area (Å²) < 4.78 is 4.81. The Kier molecular flexibility index (Phi) is 7.51. The fourth-order valence-corrected chi connectivity index (χ4v) is 2.30. The molecule has 0 aliphatic carbocycles. The number of amides is 3. The summed E-state index contributed by atoms with van der Waals surface area (Å²) in [5.41, 5.74) is 2.66. The molecule has 0 aromatic heterocycles. The molecule has 2 aromatic rings. The van der Waals surface area contributed by atoms with Crippen molar-refractivity contribution in [1.82, 2.24) is 10.6 Å². The van der Waals surface area contributed by atoms with E-state index in [4.69, 9.17) is 4.74 Å². The molecule has 7 heteroatoms. The van der Waals surface area contributed by atoms with Gasteiger partial charge >= 0.3 is 11.8 Å². The van der Waals surface area contributed by atoms with Crippen LogP contribution >= 0.6 is 0 Å². The van der Waals surface area contributed by atoms with Crippen LogP contribution in [0, 0.1) is 6.92 Å². The van der Waals surface area contributed by atoms with Crippen molar-refractivity contribution in [2.75, 3.05) is 25.6 Å². The minimum atomic E-state index is -0.843. The molecule has 2 rings (SSSR count). The van der Waals surface area contributed by atoms with Gasteiger partial charge < -0.3 is 20.7 Å². The molecular formula is C20H23N3O4. The Morgan fingerprint density at radius 1 is 0.926 bits per heavy atom. The molecule has 3 N–H and O–H groups in total. The predicted octanol–water partition coefficient (Wildman–Crippen LogP) is 1.63. The Morgan fingerprint density at radius 2 is 1.63 bits per heavy atom. The summed E-state index contributed by atoms with van der Waals surface area (Å²) in [6, 6.07) is 14.3. The van der Waals surface area contributed by atoms with E-state index in [9.17, 15) is 14.4 Å². The topological polar surface area (TPSA) is 96.5 Å². The SMILES string of the molecule is COCCNC(=O)C(=O)Nc1ccccc1C(=O)NCc1ccc(C)cc1. The summed E-state index contributed by atoms with van der Waals surface area (Å²) >= 11 is 0. The molecule has 0 heterocycles. The zero-order valence-corrected chi connectivity index (χ0v) is 15.4. The average Bonchev–Trinajstić information content (AvgIpc) is 2.67. The van der Waals surface area contributed by atoms with Crippen LogP contribution < -0.4 is 16.0 Å². The van der Waals surface area contributed by atoms with E-state index >= 15 is 0 Å². The van der Waals surface area contributed by atoms with Crippen molar-refractivity contribution in [3.8, 4) is 0 Å². The number of para-hydroxylation sites is 1. The second-order valence-electron chi connectivity index (χ2n) is 5.92. The highest BCUT2D eigenvalue weighted by atomic mass is 16.5. The van der Waals surface area contributed by atoms with E-state index in [0.29, 0.717) is 13.2 Å². The van der Waals surface area contributed by atoms with Crippen LogP contribution in [0.4, 0.5) is 5.69 Å². The van der Waals surface area contributed by atoms with Gasteiger partial charge in [-0.25, -0.2) is 0 Å². The summed E-state index contributed by atoms with van der Waals surface area (Å²) in [4.78, 5) is 36.2. The van der Waals surface area contributed by atoms with Crippen LogP contribution in [-0.4, -0.2) is 38.0 Å². The number of carbonyl (C=O) groups excluding carboxylic acids is 3. The van der Waals surface area contributed by atoms with E-state index in [-0.39, 0.29) is 23.7 Å². The first-order chi connectivity index (χ1) is 13.0. The number of hydrogen-bond acceptors (Lipinski definition) is 4. The first-order valence-corrected chi connectivity index (χ1v) is 8.52. The standard InChI is InChI=1S/C20H23N3O4/c1-14-7-9-15(10-8-14)13-22-18(24)16-5-3-4-6-17(16)23-20(26)19(25)21-11-12-27-2/h3-10H,11-13H2,1-2H3,(H,21,25)(H,22,24)(H,23,26). The highest BCUT2D eigenvalue weighted by molar-refractivity contribution is 6.40. The summed E-state index contributed by atoms with van der Waals surface area (Å²) in [7, 11) is 1.50. The van der Waals surface area contributed by atoms with Crippen LogP contribution in [0.5, 0.6) is 0 Å². The molecular weight excluding hydrogens is 346 g/mol. The first-order valence-electron chi connectivity index (χ1n) is 8.52. The van der Waals surface area contributed by atoms with Crippen molar-refractivity contribution in [3.05, 3.63) is 65.2 Å². The Balaban J connectivity index is 1.99. The van der Waals surface area contributed by atoms with E-state index in [1.807, 2.05) is 31.2 Å². The van der Waals surface area contributed by atoms with Gasteiger partial charge in [-0.05, 0) is 24.6 Å². The minimum Gasteiger partial charge on any atom is -0.383 e. The highest BCUT2D eigenvalue weighted by Crippen LogP contribution is 2.15.